The van der Waals surface area contributed by atoms with E-state index in [1.54, 1.807) is 13.8 Å². The van der Waals surface area contributed by atoms with E-state index in [2.05, 4.69) is 6.58 Å². The fraction of sp³-hybridized carbons (Fsp3) is 0.733. The Morgan fingerprint density at radius 2 is 1.45 bits per heavy atom. The van der Waals surface area contributed by atoms with Crippen LogP contribution in [-0.4, -0.2) is 30.5 Å². The predicted octanol–water partition coefficient (Wildman–Crippen LogP) is 3.62. The maximum absolute atomic E-state index is 11.1. The van der Waals surface area contributed by atoms with Gasteiger partial charge in [-0.1, -0.05) is 32.3 Å². The van der Waals surface area contributed by atoms with Crippen molar-refractivity contribution in [2.75, 3.05) is 13.2 Å². The molecule has 1 atom stereocenters. The topological polar surface area (TPSA) is 52.6 Å². The quantitative estimate of drug-likeness (QED) is 0.253. The van der Waals surface area contributed by atoms with Crippen molar-refractivity contribution in [3.05, 3.63) is 12.2 Å². The lowest BCUT2D eigenvalue weighted by Gasteiger charge is -2.06. The lowest BCUT2D eigenvalue weighted by atomic mass is 10.1. The highest BCUT2D eigenvalue weighted by molar-refractivity contribution is 6.29. The summed E-state index contributed by atoms with van der Waals surface area (Å²) in [6.07, 6.45) is 5.96. The second kappa shape index (κ2) is 11.8. The van der Waals surface area contributed by atoms with Crippen LogP contribution in [0.3, 0.4) is 0 Å². The monoisotopic (exact) mass is 304 g/mol. The summed E-state index contributed by atoms with van der Waals surface area (Å²) in [5.74, 6) is -0.675. The molecular formula is C15H25ClO4. The van der Waals surface area contributed by atoms with Gasteiger partial charge in [0.05, 0.1) is 13.2 Å². The number of hydrogen-bond donors (Lipinski definition) is 0. The summed E-state index contributed by atoms with van der Waals surface area (Å²) in [6, 6.07) is 0. The first-order chi connectivity index (χ1) is 9.45. The molecule has 0 aromatic rings. The van der Waals surface area contributed by atoms with Gasteiger partial charge in [0.15, 0.2) is 0 Å². The minimum atomic E-state index is -0.572. The first kappa shape index (κ1) is 19.0. The third-order valence-corrected chi connectivity index (χ3v) is 2.87. The molecule has 4 nitrogen and oxygen atoms in total. The normalized spacial score (nSPS) is 11.8. The number of unbranched alkanes of at least 4 members (excludes halogenated alkanes) is 5. The number of ether oxygens (including phenoxy) is 2. The summed E-state index contributed by atoms with van der Waals surface area (Å²) in [5.41, 5.74) is 0.436. The van der Waals surface area contributed by atoms with Gasteiger partial charge >= 0.3 is 11.9 Å². The Kier molecular flexibility index (Phi) is 11.2. The molecule has 0 fully saturated rings. The van der Waals surface area contributed by atoms with Gasteiger partial charge in [0.1, 0.15) is 5.38 Å². The Balaban J connectivity index is 3.23. The summed E-state index contributed by atoms with van der Waals surface area (Å²) in [4.78, 5) is 22.1. The van der Waals surface area contributed by atoms with E-state index < -0.39 is 5.38 Å². The Hall–Kier alpha value is -1.03. The van der Waals surface area contributed by atoms with Gasteiger partial charge < -0.3 is 9.47 Å². The molecule has 0 rings (SSSR count). The molecule has 20 heavy (non-hydrogen) atoms. The fourth-order valence-corrected chi connectivity index (χ4v) is 1.55. The maximum atomic E-state index is 11.1. The standard InChI is InChI=1S/C15H25ClO4/c1-12(2)14(17)19-10-8-6-4-5-7-9-11-20-15(18)13(3)16/h13H,1,4-11H2,2-3H3/t13-/m0/s1. The van der Waals surface area contributed by atoms with Crippen LogP contribution in [0.1, 0.15) is 52.4 Å². The number of rotatable bonds is 11. The first-order valence-electron chi connectivity index (χ1n) is 7.08. The van der Waals surface area contributed by atoms with E-state index in [1.807, 2.05) is 0 Å². The van der Waals surface area contributed by atoms with E-state index in [0.717, 1.165) is 38.5 Å². The van der Waals surface area contributed by atoms with Gasteiger partial charge in [0.25, 0.3) is 0 Å². The van der Waals surface area contributed by atoms with Crippen LogP contribution in [0.2, 0.25) is 0 Å². The molecule has 0 spiro atoms. The van der Waals surface area contributed by atoms with E-state index in [0.29, 0.717) is 18.8 Å². The highest BCUT2D eigenvalue weighted by Crippen LogP contribution is 2.07. The summed E-state index contributed by atoms with van der Waals surface area (Å²) in [6.45, 7) is 7.65. The van der Waals surface area contributed by atoms with Crippen molar-refractivity contribution in [2.24, 2.45) is 0 Å². The van der Waals surface area contributed by atoms with E-state index in [1.165, 1.54) is 0 Å². The number of halogens is 1. The molecule has 0 radical (unpaired) electrons. The van der Waals surface area contributed by atoms with Crippen molar-refractivity contribution in [3.63, 3.8) is 0 Å². The van der Waals surface area contributed by atoms with Gasteiger partial charge in [-0.2, -0.15) is 0 Å². The van der Waals surface area contributed by atoms with E-state index in [4.69, 9.17) is 21.1 Å². The second-order valence-electron chi connectivity index (χ2n) is 4.82. The largest absolute Gasteiger partial charge is 0.465 e. The summed E-state index contributed by atoms with van der Waals surface area (Å²) < 4.78 is 9.95. The van der Waals surface area contributed by atoms with Gasteiger partial charge in [-0.25, -0.2) is 4.79 Å². The van der Waals surface area contributed by atoms with E-state index in [9.17, 15) is 9.59 Å². The molecule has 0 aromatic carbocycles. The van der Waals surface area contributed by atoms with Crippen LogP contribution in [0.15, 0.2) is 12.2 Å². The van der Waals surface area contributed by atoms with Gasteiger partial charge in [-0.3, -0.25) is 4.79 Å². The highest BCUT2D eigenvalue weighted by Gasteiger charge is 2.09. The molecule has 0 unspecified atom stereocenters. The molecule has 0 aliphatic rings. The molecule has 0 N–H and O–H groups in total. The molecule has 0 saturated heterocycles. The van der Waals surface area contributed by atoms with E-state index in [-0.39, 0.29) is 11.9 Å². The predicted molar refractivity (Wildman–Crippen MR) is 79.7 cm³/mol. The molecule has 0 saturated carbocycles. The summed E-state index contributed by atoms with van der Waals surface area (Å²) in [5, 5.41) is -0.572. The molecule has 0 heterocycles. The summed E-state index contributed by atoms with van der Waals surface area (Å²) >= 11 is 5.57. The molecule has 5 heteroatoms. The van der Waals surface area contributed by atoms with Crippen LogP contribution in [0.4, 0.5) is 0 Å². The van der Waals surface area contributed by atoms with Crippen molar-refractivity contribution >= 4 is 23.5 Å². The molecule has 0 amide bonds. The van der Waals surface area contributed by atoms with E-state index >= 15 is 0 Å². The Morgan fingerprint density at radius 3 is 1.90 bits per heavy atom. The second-order valence-corrected chi connectivity index (χ2v) is 5.48. The zero-order valence-electron chi connectivity index (χ0n) is 12.5. The minimum Gasteiger partial charge on any atom is -0.465 e. The highest BCUT2D eigenvalue weighted by atomic mass is 35.5. The Bertz CT molecular complexity index is 313. The number of hydrogen-bond acceptors (Lipinski definition) is 4. The lowest BCUT2D eigenvalue weighted by Crippen LogP contribution is -2.14. The molecule has 116 valence electrons. The van der Waals surface area contributed by atoms with Crippen molar-refractivity contribution in [1.82, 2.24) is 0 Å². The third-order valence-electron chi connectivity index (χ3n) is 2.69. The lowest BCUT2D eigenvalue weighted by molar-refractivity contribution is -0.143. The van der Waals surface area contributed by atoms with Gasteiger partial charge in [-0.05, 0) is 26.7 Å². The first-order valence-corrected chi connectivity index (χ1v) is 7.52. The zero-order chi connectivity index (χ0) is 15.4. The molecule has 0 aliphatic carbocycles. The SMILES string of the molecule is C=C(C)C(=O)OCCCCCCCCOC(=O)[C@H](C)Cl. The van der Waals surface area contributed by atoms with Crippen molar-refractivity contribution in [1.29, 1.82) is 0 Å². The van der Waals surface area contributed by atoms with Crippen LogP contribution in [0, 0.1) is 0 Å². The van der Waals surface area contributed by atoms with Crippen LogP contribution in [-0.2, 0) is 19.1 Å². The van der Waals surface area contributed by atoms with Gasteiger partial charge in [0, 0.05) is 5.57 Å². The minimum absolute atomic E-state index is 0.319. The van der Waals surface area contributed by atoms with Crippen LogP contribution in [0.5, 0.6) is 0 Å². The molecule has 0 aliphatic heterocycles. The van der Waals surface area contributed by atoms with Crippen LogP contribution in [0.25, 0.3) is 0 Å². The van der Waals surface area contributed by atoms with Gasteiger partial charge in [-0.15, -0.1) is 11.6 Å². The number of esters is 2. The number of alkyl halides is 1. The average molecular weight is 305 g/mol. The van der Waals surface area contributed by atoms with Crippen molar-refractivity contribution in [2.45, 2.75) is 57.7 Å². The zero-order valence-corrected chi connectivity index (χ0v) is 13.2. The molecule has 0 bridgehead atoms. The van der Waals surface area contributed by atoms with Crippen molar-refractivity contribution in [3.8, 4) is 0 Å². The average Bonchev–Trinajstić information content (AvgIpc) is 2.39. The third kappa shape index (κ3) is 10.9. The van der Waals surface area contributed by atoms with Crippen molar-refractivity contribution < 1.29 is 19.1 Å². The van der Waals surface area contributed by atoms with Crippen LogP contribution >= 0.6 is 11.6 Å². The molecular weight excluding hydrogens is 280 g/mol. The smallest absolute Gasteiger partial charge is 0.333 e. The van der Waals surface area contributed by atoms with Crippen LogP contribution < -0.4 is 0 Å². The Morgan fingerprint density at radius 1 is 1.00 bits per heavy atom. The van der Waals surface area contributed by atoms with Gasteiger partial charge in [0.2, 0.25) is 0 Å². The Labute approximate surface area is 126 Å². The number of carbonyl (C=O) groups is 2. The number of carbonyl (C=O) groups excluding carboxylic acids is 2. The fourth-order valence-electron chi connectivity index (χ4n) is 1.49. The molecule has 0 aromatic heterocycles. The summed E-state index contributed by atoms with van der Waals surface area (Å²) in [7, 11) is 0. The maximum Gasteiger partial charge on any atom is 0.333 e.